The summed E-state index contributed by atoms with van der Waals surface area (Å²) in [5.74, 6) is 0.283. The Bertz CT molecular complexity index is 575. The molecule has 0 amide bonds. The third kappa shape index (κ3) is 1.41. The molecule has 2 aromatic rings. The van der Waals surface area contributed by atoms with Crippen molar-refractivity contribution in [3.63, 3.8) is 0 Å². The minimum Gasteiger partial charge on any atom is -0.504 e. The number of phenols is 1. The van der Waals surface area contributed by atoms with E-state index in [1.807, 2.05) is 0 Å². The number of benzene rings is 1. The molecular formula is C10H10N2O3. The number of hydrogen-bond donors (Lipinski definition) is 1. The molecule has 0 spiro atoms. The molecule has 5 nitrogen and oxygen atoms in total. The fourth-order valence-electron chi connectivity index (χ4n) is 1.42. The topological polar surface area (TPSA) is 64.4 Å². The van der Waals surface area contributed by atoms with Crippen molar-refractivity contribution in [1.29, 1.82) is 0 Å². The van der Waals surface area contributed by atoms with Crippen molar-refractivity contribution < 1.29 is 9.84 Å². The molecule has 0 aliphatic carbocycles. The van der Waals surface area contributed by atoms with Gasteiger partial charge in [-0.05, 0) is 12.1 Å². The van der Waals surface area contributed by atoms with Gasteiger partial charge >= 0.3 is 0 Å². The molecule has 1 heterocycles. The Kier molecular flexibility index (Phi) is 2.07. The quantitative estimate of drug-likeness (QED) is 0.744. The maximum absolute atomic E-state index is 11.6. The number of methoxy groups -OCH3 is 1. The van der Waals surface area contributed by atoms with Crippen molar-refractivity contribution in [3.8, 4) is 11.5 Å². The first kappa shape index (κ1) is 9.51. The Balaban J connectivity index is 2.88. The highest BCUT2D eigenvalue weighted by atomic mass is 16.5. The highest BCUT2D eigenvalue weighted by Crippen LogP contribution is 2.28. The van der Waals surface area contributed by atoms with Crippen LogP contribution in [0.4, 0.5) is 0 Å². The molecule has 0 radical (unpaired) electrons. The van der Waals surface area contributed by atoms with Crippen molar-refractivity contribution in [2.24, 2.45) is 7.05 Å². The Labute approximate surface area is 85.5 Å². The van der Waals surface area contributed by atoms with E-state index in [4.69, 9.17) is 4.74 Å². The van der Waals surface area contributed by atoms with E-state index in [1.54, 1.807) is 19.3 Å². The summed E-state index contributed by atoms with van der Waals surface area (Å²) in [7, 11) is 3.01. The Morgan fingerprint density at radius 3 is 2.87 bits per heavy atom. The van der Waals surface area contributed by atoms with E-state index in [-0.39, 0.29) is 11.3 Å². The van der Waals surface area contributed by atoms with Crippen molar-refractivity contribution >= 4 is 10.8 Å². The Hall–Kier alpha value is -2.04. The predicted molar refractivity (Wildman–Crippen MR) is 55.2 cm³/mol. The summed E-state index contributed by atoms with van der Waals surface area (Å²) in [6.45, 7) is 0. The highest BCUT2D eigenvalue weighted by Gasteiger charge is 2.07. The molecule has 1 aromatic carbocycles. The number of aryl methyl sites for hydroxylation is 1. The summed E-state index contributed by atoms with van der Waals surface area (Å²) >= 11 is 0. The molecule has 0 fully saturated rings. The number of rotatable bonds is 1. The van der Waals surface area contributed by atoms with Crippen molar-refractivity contribution in [3.05, 3.63) is 28.7 Å². The van der Waals surface area contributed by atoms with Gasteiger partial charge in [-0.25, -0.2) is 4.68 Å². The SMILES string of the molecule is COc1cc2cnn(C)c(=O)c2cc1O. The lowest BCUT2D eigenvalue weighted by Crippen LogP contribution is -2.18. The lowest BCUT2D eigenvalue weighted by Gasteiger charge is -2.05. The van der Waals surface area contributed by atoms with Crippen LogP contribution in [-0.4, -0.2) is 22.0 Å². The summed E-state index contributed by atoms with van der Waals surface area (Å²) in [6, 6.07) is 2.97. The van der Waals surface area contributed by atoms with Gasteiger partial charge < -0.3 is 9.84 Å². The number of hydrogen-bond acceptors (Lipinski definition) is 4. The minimum atomic E-state index is -0.245. The first-order valence-electron chi connectivity index (χ1n) is 4.36. The fraction of sp³-hybridized carbons (Fsp3) is 0.200. The number of fused-ring (bicyclic) bond motifs is 1. The van der Waals surface area contributed by atoms with Gasteiger partial charge in [0.25, 0.3) is 5.56 Å². The van der Waals surface area contributed by atoms with E-state index in [9.17, 15) is 9.90 Å². The molecule has 0 aliphatic heterocycles. The monoisotopic (exact) mass is 206 g/mol. The molecule has 78 valence electrons. The summed E-state index contributed by atoms with van der Waals surface area (Å²) in [6.07, 6.45) is 1.55. The maximum Gasteiger partial charge on any atom is 0.274 e. The van der Waals surface area contributed by atoms with Gasteiger partial charge in [0, 0.05) is 12.4 Å². The van der Waals surface area contributed by atoms with Crippen LogP contribution < -0.4 is 10.3 Å². The lowest BCUT2D eigenvalue weighted by molar-refractivity contribution is 0.374. The van der Waals surface area contributed by atoms with Gasteiger partial charge in [-0.1, -0.05) is 0 Å². The molecule has 0 aliphatic rings. The molecule has 15 heavy (non-hydrogen) atoms. The van der Waals surface area contributed by atoms with E-state index in [0.29, 0.717) is 16.5 Å². The number of ether oxygens (including phenoxy) is 1. The van der Waals surface area contributed by atoms with Gasteiger partial charge in [0.05, 0.1) is 18.7 Å². The number of phenolic OH excluding ortho intramolecular Hbond substituents is 1. The molecule has 1 N–H and O–H groups in total. The summed E-state index contributed by atoms with van der Waals surface area (Å²) in [5, 5.41) is 14.5. The maximum atomic E-state index is 11.6. The molecule has 2 rings (SSSR count). The second-order valence-corrected chi connectivity index (χ2v) is 3.18. The third-order valence-electron chi connectivity index (χ3n) is 2.25. The number of aromatic hydroxyl groups is 1. The Morgan fingerprint density at radius 1 is 1.47 bits per heavy atom. The summed E-state index contributed by atoms with van der Waals surface area (Å²) in [5.41, 5.74) is -0.245. The normalized spacial score (nSPS) is 10.5. The first-order chi connectivity index (χ1) is 7.13. The zero-order valence-corrected chi connectivity index (χ0v) is 8.39. The van der Waals surface area contributed by atoms with Crippen LogP contribution in [0.2, 0.25) is 0 Å². The van der Waals surface area contributed by atoms with Crippen LogP contribution in [0.1, 0.15) is 0 Å². The smallest absolute Gasteiger partial charge is 0.274 e. The summed E-state index contributed by atoms with van der Waals surface area (Å²) < 4.78 is 6.15. The molecule has 5 heteroatoms. The zero-order valence-electron chi connectivity index (χ0n) is 8.39. The third-order valence-corrected chi connectivity index (χ3v) is 2.25. The first-order valence-corrected chi connectivity index (χ1v) is 4.36. The van der Waals surface area contributed by atoms with Crippen LogP contribution in [0.3, 0.4) is 0 Å². The second-order valence-electron chi connectivity index (χ2n) is 3.18. The molecule has 0 saturated carbocycles. The van der Waals surface area contributed by atoms with Gasteiger partial charge in [-0.2, -0.15) is 5.10 Å². The molecule has 1 aromatic heterocycles. The van der Waals surface area contributed by atoms with Gasteiger partial charge in [0.15, 0.2) is 11.5 Å². The van der Waals surface area contributed by atoms with Crippen LogP contribution >= 0.6 is 0 Å². The zero-order chi connectivity index (χ0) is 11.0. The van der Waals surface area contributed by atoms with Crippen LogP contribution in [0.25, 0.3) is 10.8 Å². The Morgan fingerprint density at radius 2 is 2.20 bits per heavy atom. The van der Waals surface area contributed by atoms with E-state index in [2.05, 4.69) is 5.10 Å². The van der Waals surface area contributed by atoms with Crippen molar-refractivity contribution in [2.75, 3.05) is 7.11 Å². The van der Waals surface area contributed by atoms with Gasteiger partial charge in [0.2, 0.25) is 0 Å². The van der Waals surface area contributed by atoms with Gasteiger partial charge in [-0.15, -0.1) is 0 Å². The largest absolute Gasteiger partial charge is 0.504 e. The van der Waals surface area contributed by atoms with Gasteiger partial charge in [-0.3, -0.25) is 4.79 Å². The predicted octanol–water partition coefficient (Wildman–Crippen LogP) is 0.648. The average Bonchev–Trinajstić information content (AvgIpc) is 2.24. The van der Waals surface area contributed by atoms with E-state index in [1.165, 1.54) is 17.9 Å². The molecule has 0 saturated heterocycles. The van der Waals surface area contributed by atoms with Crippen molar-refractivity contribution in [2.45, 2.75) is 0 Å². The summed E-state index contributed by atoms with van der Waals surface area (Å²) in [4.78, 5) is 11.6. The molecule has 0 atom stereocenters. The molecular weight excluding hydrogens is 196 g/mol. The standard InChI is InChI=1S/C10H10N2O3/c1-12-10(14)7-4-8(13)9(15-2)3-6(7)5-11-12/h3-5,13H,1-2H3. The number of nitrogens with zero attached hydrogens (tertiary/aromatic N) is 2. The van der Waals surface area contributed by atoms with E-state index >= 15 is 0 Å². The highest BCUT2D eigenvalue weighted by molar-refractivity contribution is 5.84. The van der Waals surface area contributed by atoms with Crippen LogP contribution in [0.15, 0.2) is 23.1 Å². The number of aromatic nitrogens is 2. The average molecular weight is 206 g/mol. The second kappa shape index (κ2) is 3.27. The van der Waals surface area contributed by atoms with Crippen LogP contribution in [-0.2, 0) is 7.05 Å². The molecule has 0 unspecified atom stereocenters. The van der Waals surface area contributed by atoms with Crippen LogP contribution in [0, 0.1) is 0 Å². The molecule has 0 bridgehead atoms. The van der Waals surface area contributed by atoms with E-state index < -0.39 is 0 Å². The fourth-order valence-corrected chi connectivity index (χ4v) is 1.42. The lowest BCUT2D eigenvalue weighted by atomic mass is 10.2. The van der Waals surface area contributed by atoms with Crippen LogP contribution in [0.5, 0.6) is 11.5 Å². The van der Waals surface area contributed by atoms with Gasteiger partial charge in [0.1, 0.15) is 0 Å². The van der Waals surface area contributed by atoms with E-state index in [0.717, 1.165) is 0 Å². The van der Waals surface area contributed by atoms with Crippen molar-refractivity contribution in [1.82, 2.24) is 9.78 Å². The minimum absolute atomic E-state index is 0.0479.